The SMILES string of the molecule is NCCNCCNN(CCO)CCO. The van der Waals surface area contributed by atoms with Gasteiger partial charge in [-0.2, -0.15) is 0 Å². The van der Waals surface area contributed by atoms with Gasteiger partial charge in [0.15, 0.2) is 0 Å². The maximum absolute atomic E-state index is 8.71. The molecule has 0 fully saturated rings. The minimum atomic E-state index is 0.0865. The second-order valence-electron chi connectivity index (χ2n) is 2.88. The first-order chi connectivity index (χ1) is 6.85. The standard InChI is InChI=1S/C8H22N4O2/c9-1-2-10-3-4-11-12(5-7-13)6-8-14/h10-11,13-14H,1-9H2. The van der Waals surface area contributed by atoms with Gasteiger partial charge in [-0.1, -0.05) is 0 Å². The van der Waals surface area contributed by atoms with Crippen LogP contribution in [-0.2, 0) is 0 Å². The molecule has 6 N–H and O–H groups in total. The molecule has 0 heterocycles. The largest absolute Gasteiger partial charge is 0.395 e. The Hall–Kier alpha value is -0.240. The average molecular weight is 206 g/mol. The summed E-state index contributed by atoms with van der Waals surface area (Å²) < 4.78 is 0. The number of hydrogen-bond acceptors (Lipinski definition) is 6. The number of hydrogen-bond donors (Lipinski definition) is 5. The number of nitrogens with zero attached hydrogens (tertiary/aromatic N) is 1. The van der Waals surface area contributed by atoms with Crippen molar-refractivity contribution < 1.29 is 10.2 Å². The van der Waals surface area contributed by atoms with Crippen molar-refractivity contribution in [3.05, 3.63) is 0 Å². The number of nitrogens with one attached hydrogen (secondary N) is 2. The van der Waals surface area contributed by atoms with E-state index >= 15 is 0 Å². The summed E-state index contributed by atoms with van der Waals surface area (Å²) in [6.07, 6.45) is 0. The topological polar surface area (TPSA) is 93.8 Å². The normalized spacial score (nSPS) is 11.1. The van der Waals surface area contributed by atoms with Gasteiger partial charge >= 0.3 is 0 Å². The predicted molar refractivity (Wildman–Crippen MR) is 55.7 cm³/mol. The quantitative estimate of drug-likeness (QED) is 0.198. The average Bonchev–Trinajstić information content (AvgIpc) is 2.18. The lowest BCUT2D eigenvalue weighted by Crippen LogP contribution is -2.44. The van der Waals surface area contributed by atoms with Crippen molar-refractivity contribution in [3.8, 4) is 0 Å². The summed E-state index contributed by atoms with van der Waals surface area (Å²) in [7, 11) is 0. The molecule has 0 rings (SSSR count). The lowest BCUT2D eigenvalue weighted by molar-refractivity contribution is 0.116. The third-order valence-electron chi connectivity index (χ3n) is 1.70. The summed E-state index contributed by atoms with van der Waals surface area (Å²) >= 11 is 0. The van der Waals surface area contributed by atoms with E-state index < -0.39 is 0 Å². The van der Waals surface area contributed by atoms with Gasteiger partial charge in [-0.15, -0.1) is 0 Å². The van der Waals surface area contributed by atoms with E-state index in [2.05, 4.69) is 10.7 Å². The Labute approximate surface area is 85.1 Å². The first kappa shape index (κ1) is 13.8. The van der Waals surface area contributed by atoms with Crippen LogP contribution in [0.25, 0.3) is 0 Å². The van der Waals surface area contributed by atoms with Gasteiger partial charge in [0.25, 0.3) is 0 Å². The third kappa shape index (κ3) is 8.36. The van der Waals surface area contributed by atoms with E-state index in [0.717, 1.165) is 19.6 Å². The van der Waals surface area contributed by atoms with Crippen molar-refractivity contribution in [2.75, 3.05) is 52.5 Å². The van der Waals surface area contributed by atoms with Crippen LogP contribution in [0.4, 0.5) is 0 Å². The molecule has 0 saturated heterocycles. The van der Waals surface area contributed by atoms with Crippen LogP contribution in [0.15, 0.2) is 0 Å². The van der Waals surface area contributed by atoms with Crippen LogP contribution in [0.5, 0.6) is 0 Å². The second kappa shape index (κ2) is 10.8. The smallest absolute Gasteiger partial charge is 0.0572 e. The van der Waals surface area contributed by atoms with Crippen LogP contribution in [0.1, 0.15) is 0 Å². The Morgan fingerprint density at radius 1 is 1.00 bits per heavy atom. The summed E-state index contributed by atoms with van der Waals surface area (Å²) in [4.78, 5) is 0. The molecule has 0 spiro atoms. The van der Waals surface area contributed by atoms with Crippen LogP contribution in [0, 0.1) is 0 Å². The number of aliphatic hydroxyl groups excluding tert-OH is 2. The molecule has 14 heavy (non-hydrogen) atoms. The molecular weight excluding hydrogens is 184 g/mol. The van der Waals surface area contributed by atoms with Crippen molar-refractivity contribution >= 4 is 0 Å². The Bertz CT molecular complexity index is 110. The molecule has 0 aromatic heterocycles. The Balaban J connectivity index is 3.30. The molecule has 0 aliphatic heterocycles. The molecule has 0 radical (unpaired) electrons. The molecule has 0 atom stereocenters. The van der Waals surface area contributed by atoms with Crippen molar-refractivity contribution in [2.45, 2.75) is 0 Å². The highest BCUT2D eigenvalue weighted by atomic mass is 16.3. The van der Waals surface area contributed by atoms with Crippen molar-refractivity contribution in [1.82, 2.24) is 15.8 Å². The molecule has 0 aliphatic rings. The molecule has 0 aromatic rings. The number of hydrazine groups is 1. The van der Waals surface area contributed by atoms with Gasteiger partial charge in [-0.05, 0) is 0 Å². The predicted octanol–water partition coefficient (Wildman–Crippen LogP) is -2.67. The zero-order chi connectivity index (χ0) is 10.6. The van der Waals surface area contributed by atoms with Gasteiger partial charge in [0.2, 0.25) is 0 Å². The van der Waals surface area contributed by atoms with E-state index in [9.17, 15) is 0 Å². The first-order valence-electron chi connectivity index (χ1n) is 4.96. The lowest BCUT2D eigenvalue weighted by Gasteiger charge is -2.21. The van der Waals surface area contributed by atoms with Gasteiger partial charge in [-0.25, -0.2) is 5.01 Å². The molecule has 6 nitrogen and oxygen atoms in total. The molecule has 0 bridgehead atoms. The maximum atomic E-state index is 8.71. The van der Waals surface area contributed by atoms with Crippen LogP contribution in [0.2, 0.25) is 0 Å². The molecule has 0 saturated carbocycles. The molecule has 0 amide bonds. The molecule has 0 aliphatic carbocycles. The molecule has 6 heteroatoms. The molecule has 86 valence electrons. The van der Waals surface area contributed by atoms with Gasteiger partial charge in [0.05, 0.1) is 13.2 Å². The fourth-order valence-electron chi connectivity index (χ4n) is 1.04. The van der Waals surface area contributed by atoms with Gasteiger partial charge in [0.1, 0.15) is 0 Å². The molecule has 0 aromatic carbocycles. The minimum absolute atomic E-state index is 0.0865. The summed E-state index contributed by atoms with van der Waals surface area (Å²) in [5.41, 5.74) is 8.40. The summed E-state index contributed by atoms with van der Waals surface area (Å²) in [5, 5.41) is 22.3. The zero-order valence-electron chi connectivity index (χ0n) is 8.58. The third-order valence-corrected chi connectivity index (χ3v) is 1.70. The van der Waals surface area contributed by atoms with Crippen LogP contribution in [-0.4, -0.2) is 67.7 Å². The van der Waals surface area contributed by atoms with Crippen molar-refractivity contribution in [2.24, 2.45) is 5.73 Å². The van der Waals surface area contributed by atoms with E-state index in [0.29, 0.717) is 19.6 Å². The molecular formula is C8H22N4O2. The first-order valence-corrected chi connectivity index (χ1v) is 4.96. The second-order valence-corrected chi connectivity index (χ2v) is 2.88. The zero-order valence-corrected chi connectivity index (χ0v) is 8.58. The number of nitrogens with two attached hydrogens (primary N) is 1. The maximum Gasteiger partial charge on any atom is 0.0572 e. The number of rotatable bonds is 10. The van der Waals surface area contributed by atoms with Gasteiger partial charge in [0, 0.05) is 39.3 Å². The van der Waals surface area contributed by atoms with E-state index in [4.69, 9.17) is 15.9 Å². The lowest BCUT2D eigenvalue weighted by atomic mass is 10.5. The van der Waals surface area contributed by atoms with Gasteiger partial charge < -0.3 is 21.3 Å². The summed E-state index contributed by atoms with van der Waals surface area (Å²) in [6, 6.07) is 0. The summed E-state index contributed by atoms with van der Waals surface area (Å²) in [6.45, 7) is 4.25. The Morgan fingerprint density at radius 3 is 2.14 bits per heavy atom. The van der Waals surface area contributed by atoms with E-state index in [-0.39, 0.29) is 13.2 Å². The van der Waals surface area contributed by atoms with Crippen LogP contribution >= 0.6 is 0 Å². The van der Waals surface area contributed by atoms with Crippen LogP contribution < -0.4 is 16.5 Å². The Kier molecular flexibility index (Phi) is 10.7. The van der Waals surface area contributed by atoms with Crippen molar-refractivity contribution in [3.63, 3.8) is 0 Å². The Morgan fingerprint density at radius 2 is 1.64 bits per heavy atom. The summed E-state index contributed by atoms with van der Waals surface area (Å²) in [5.74, 6) is 0. The fourth-order valence-corrected chi connectivity index (χ4v) is 1.04. The highest BCUT2D eigenvalue weighted by molar-refractivity contribution is 4.54. The van der Waals surface area contributed by atoms with E-state index in [1.165, 1.54) is 0 Å². The molecule has 0 unspecified atom stereocenters. The highest BCUT2D eigenvalue weighted by Gasteiger charge is 2.00. The van der Waals surface area contributed by atoms with Crippen molar-refractivity contribution in [1.29, 1.82) is 0 Å². The van der Waals surface area contributed by atoms with Gasteiger partial charge in [-0.3, -0.25) is 5.43 Å². The monoisotopic (exact) mass is 206 g/mol. The van der Waals surface area contributed by atoms with E-state index in [1.807, 2.05) is 0 Å². The highest BCUT2D eigenvalue weighted by Crippen LogP contribution is 1.79. The van der Waals surface area contributed by atoms with Crippen LogP contribution in [0.3, 0.4) is 0 Å². The van der Waals surface area contributed by atoms with E-state index in [1.54, 1.807) is 5.01 Å². The fraction of sp³-hybridized carbons (Fsp3) is 1.00. The minimum Gasteiger partial charge on any atom is -0.395 e. The number of aliphatic hydroxyl groups is 2.